The van der Waals surface area contributed by atoms with Gasteiger partial charge in [-0.15, -0.1) is 0 Å². The number of allylic oxidation sites excluding steroid dienone is 2. The smallest absolute Gasteiger partial charge is 0.305 e. The number of aliphatic hydroxyl groups excluding tert-OH is 2. The molecule has 586 valence electrons. The van der Waals surface area contributed by atoms with E-state index in [0.29, 0.717) is 26.1 Å². The maximum atomic E-state index is 12.0. The molecule has 0 aromatic heterocycles. The van der Waals surface area contributed by atoms with Crippen LogP contribution in [-0.4, -0.2) is 97.6 Å². The summed E-state index contributed by atoms with van der Waals surface area (Å²) < 4.78 is 10.8. The zero-order valence-corrected chi connectivity index (χ0v) is 67.9. The van der Waals surface area contributed by atoms with Crippen molar-refractivity contribution in [3.8, 4) is 0 Å². The lowest BCUT2D eigenvalue weighted by atomic mass is 9.89. The summed E-state index contributed by atoms with van der Waals surface area (Å²) in [5.41, 5.74) is 0. The van der Waals surface area contributed by atoms with Crippen LogP contribution < -0.4 is 0 Å². The fraction of sp³-hybridized carbons (Fsp3) is 0.956. The van der Waals surface area contributed by atoms with Crippen molar-refractivity contribution >= 4 is 11.9 Å². The normalized spacial score (nSPS) is 11.8. The Morgan fingerprint density at radius 2 is 0.510 bits per heavy atom. The second kappa shape index (κ2) is 87.9. The van der Waals surface area contributed by atoms with Crippen LogP contribution in [0, 0.1) is 11.8 Å². The molecule has 8 heteroatoms. The Hall–Kier alpha value is -1.48. The number of aliphatic hydroxyl groups is 2. The molecule has 0 aromatic rings. The van der Waals surface area contributed by atoms with E-state index < -0.39 is 0 Å². The monoisotopic (exact) mass is 1390 g/mol. The summed E-state index contributed by atoms with van der Waals surface area (Å²) in [6.07, 6.45) is 93.9. The maximum absolute atomic E-state index is 12.0. The zero-order chi connectivity index (χ0) is 71.4. The number of ether oxygens (including phenoxy) is 2. The van der Waals surface area contributed by atoms with E-state index in [-0.39, 0.29) is 25.2 Å². The summed E-state index contributed by atoms with van der Waals surface area (Å²) >= 11 is 0. The largest absolute Gasteiger partial charge is 0.466 e. The highest BCUT2D eigenvalue weighted by Gasteiger charge is 2.12. The van der Waals surface area contributed by atoms with Gasteiger partial charge in [0, 0.05) is 25.9 Å². The summed E-state index contributed by atoms with van der Waals surface area (Å²) in [6, 6.07) is 0. The number of unbranched alkanes of at least 4 members (excludes halogenated alkanes) is 51. The Balaban J connectivity index is 0. The molecule has 0 aliphatic rings. The summed E-state index contributed by atoms with van der Waals surface area (Å²) in [5, 5.41) is 19.1. The van der Waals surface area contributed by atoms with Crippen molar-refractivity contribution in [2.75, 3.05) is 65.7 Å². The fourth-order valence-electron chi connectivity index (χ4n) is 14.5. The van der Waals surface area contributed by atoms with Crippen LogP contribution in [0.4, 0.5) is 0 Å². The SMILES string of the molecule is CCCCCCCCCOC(=O)CCCCCCCN(CCO)CCCCCCC/C=C\C(CCCCCCCC)CCCCCCCC.CCCCCCCCCOC(=O)CCCCCCCN(CCO)CCCCCCCCCC(CCCCCCCC)CCCCCCCC. The van der Waals surface area contributed by atoms with Gasteiger partial charge >= 0.3 is 11.9 Å². The highest BCUT2D eigenvalue weighted by molar-refractivity contribution is 5.69. The lowest BCUT2D eigenvalue weighted by Crippen LogP contribution is -2.29. The van der Waals surface area contributed by atoms with Gasteiger partial charge in [-0.3, -0.25) is 9.59 Å². The van der Waals surface area contributed by atoms with Gasteiger partial charge < -0.3 is 29.5 Å². The first-order valence-electron chi connectivity index (χ1n) is 45.0. The van der Waals surface area contributed by atoms with Crippen LogP contribution in [0.15, 0.2) is 12.2 Å². The van der Waals surface area contributed by atoms with Gasteiger partial charge in [-0.2, -0.15) is 0 Å². The summed E-state index contributed by atoms with van der Waals surface area (Å²) in [6.45, 7) is 21.5. The minimum absolute atomic E-state index is 0.00801. The van der Waals surface area contributed by atoms with Crippen LogP contribution in [0.5, 0.6) is 0 Å². The van der Waals surface area contributed by atoms with E-state index >= 15 is 0 Å². The molecule has 0 bridgehead atoms. The van der Waals surface area contributed by atoms with Crippen molar-refractivity contribution in [1.29, 1.82) is 0 Å². The van der Waals surface area contributed by atoms with Crippen LogP contribution >= 0.6 is 0 Å². The standard InChI is InChI=1S/C45H91NO3.C45H89NO3/c2*1-4-7-10-13-19-27-34-43-49-45(48)38-31-24-20-26-33-40-46(41-42-47)39-32-25-18-16-17-23-30-37-44(35-28-21-14-11-8-5-2)36-29-22-15-12-9-6-3/h44,47H,4-43H2,1-3H3;30,37,44,47H,4-29,31-36,38-43H2,1-3H3/b;37-30-. The molecule has 0 heterocycles. The molecular formula is C90H180N2O6. The first-order chi connectivity index (χ1) is 48.3. The van der Waals surface area contributed by atoms with Crippen LogP contribution in [0.2, 0.25) is 0 Å². The predicted octanol–water partition coefficient (Wildman–Crippen LogP) is 28.1. The molecule has 0 fully saturated rings. The third kappa shape index (κ3) is 81.8. The van der Waals surface area contributed by atoms with E-state index in [1.54, 1.807) is 0 Å². The number of nitrogens with zero attached hydrogens (tertiary/aromatic N) is 2. The highest BCUT2D eigenvalue weighted by atomic mass is 16.5. The third-order valence-electron chi connectivity index (χ3n) is 21.2. The van der Waals surface area contributed by atoms with Crippen molar-refractivity contribution in [3.05, 3.63) is 12.2 Å². The number of carbonyl (C=O) groups is 2. The second-order valence-electron chi connectivity index (χ2n) is 30.9. The quantitative estimate of drug-likeness (QED) is 0.0353. The molecule has 0 aliphatic heterocycles. The first kappa shape index (κ1) is 98.6. The number of esters is 2. The van der Waals surface area contributed by atoms with E-state index in [0.717, 1.165) is 89.6 Å². The van der Waals surface area contributed by atoms with Crippen molar-refractivity contribution in [2.45, 2.75) is 478 Å². The lowest BCUT2D eigenvalue weighted by molar-refractivity contribution is -0.144. The lowest BCUT2D eigenvalue weighted by Gasteiger charge is -2.21. The molecular weight excluding hydrogens is 1200 g/mol. The van der Waals surface area contributed by atoms with Gasteiger partial charge in [0.2, 0.25) is 0 Å². The van der Waals surface area contributed by atoms with Gasteiger partial charge in [0.15, 0.2) is 0 Å². The predicted molar refractivity (Wildman–Crippen MR) is 433 cm³/mol. The Morgan fingerprint density at radius 1 is 0.276 bits per heavy atom. The molecule has 98 heavy (non-hydrogen) atoms. The zero-order valence-electron chi connectivity index (χ0n) is 67.9. The Labute approximate surface area is 615 Å². The number of hydrogen-bond donors (Lipinski definition) is 2. The molecule has 0 radical (unpaired) electrons. The van der Waals surface area contributed by atoms with Gasteiger partial charge in [0.05, 0.1) is 26.4 Å². The minimum Gasteiger partial charge on any atom is -0.466 e. The van der Waals surface area contributed by atoms with E-state index in [2.05, 4.69) is 63.5 Å². The van der Waals surface area contributed by atoms with Gasteiger partial charge in [0.1, 0.15) is 0 Å². The molecule has 0 spiro atoms. The van der Waals surface area contributed by atoms with Crippen LogP contribution in [0.3, 0.4) is 0 Å². The first-order valence-corrected chi connectivity index (χ1v) is 45.0. The number of rotatable bonds is 83. The molecule has 2 N–H and O–H groups in total. The molecule has 8 nitrogen and oxygen atoms in total. The maximum Gasteiger partial charge on any atom is 0.305 e. The van der Waals surface area contributed by atoms with Crippen molar-refractivity contribution in [2.24, 2.45) is 11.8 Å². The fourth-order valence-corrected chi connectivity index (χ4v) is 14.5. The van der Waals surface area contributed by atoms with E-state index in [4.69, 9.17) is 9.47 Å². The van der Waals surface area contributed by atoms with Crippen LogP contribution in [0.25, 0.3) is 0 Å². The van der Waals surface area contributed by atoms with Crippen LogP contribution in [-0.2, 0) is 19.1 Å². The second-order valence-corrected chi connectivity index (χ2v) is 30.9. The van der Waals surface area contributed by atoms with Gasteiger partial charge in [-0.25, -0.2) is 0 Å². The topological polar surface area (TPSA) is 99.5 Å². The van der Waals surface area contributed by atoms with Gasteiger partial charge in [-0.05, 0) is 115 Å². The van der Waals surface area contributed by atoms with Crippen molar-refractivity contribution < 1.29 is 29.3 Å². The molecule has 0 unspecified atom stereocenters. The molecule has 0 amide bonds. The summed E-state index contributed by atoms with van der Waals surface area (Å²) in [7, 11) is 0. The molecule has 0 rings (SSSR count). The van der Waals surface area contributed by atoms with Gasteiger partial charge in [-0.1, -0.05) is 400 Å². The van der Waals surface area contributed by atoms with Crippen LogP contribution in [0.1, 0.15) is 478 Å². The third-order valence-corrected chi connectivity index (χ3v) is 21.2. The average molecular weight is 1390 g/mol. The average Bonchev–Trinajstić information content (AvgIpc) is 3.76. The van der Waals surface area contributed by atoms with Crippen molar-refractivity contribution in [3.63, 3.8) is 0 Å². The minimum atomic E-state index is -0.0113. The Morgan fingerprint density at radius 3 is 0.796 bits per heavy atom. The molecule has 0 saturated heterocycles. The summed E-state index contributed by atoms with van der Waals surface area (Å²) in [5.74, 6) is 1.78. The highest BCUT2D eigenvalue weighted by Crippen LogP contribution is 2.26. The van der Waals surface area contributed by atoms with E-state index in [1.165, 1.54) is 385 Å². The Kier molecular flexibility index (Phi) is 88.4. The molecule has 0 atom stereocenters. The molecule has 0 aliphatic carbocycles. The van der Waals surface area contributed by atoms with E-state index in [9.17, 15) is 19.8 Å². The van der Waals surface area contributed by atoms with E-state index in [1.807, 2.05) is 0 Å². The molecule has 0 saturated carbocycles. The van der Waals surface area contributed by atoms with Gasteiger partial charge in [0.25, 0.3) is 0 Å². The van der Waals surface area contributed by atoms with Crippen molar-refractivity contribution in [1.82, 2.24) is 9.80 Å². The summed E-state index contributed by atoms with van der Waals surface area (Å²) in [4.78, 5) is 28.9. The number of hydrogen-bond acceptors (Lipinski definition) is 8. The molecule has 0 aromatic carbocycles. The Bertz CT molecular complexity index is 1480. The number of carbonyl (C=O) groups excluding carboxylic acids is 2.